The Morgan fingerprint density at radius 1 is 1.11 bits per heavy atom. The molecule has 2 atom stereocenters. The summed E-state index contributed by atoms with van der Waals surface area (Å²) in [7, 11) is 0. The zero-order valence-corrected chi connectivity index (χ0v) is 10.8. The first-order valence-electron chi connectivity index (χ1n) is 6.40. The highest BCUT2D eigenvalue weighted by molar-refractivity contribution is 5.73. The summed E-state index contributed by atoms with van der Waals surface area (Å²) >= 11 is 0. The van der Waals surface area contributed by atoms with E-state index in [0.717, 1.165) is 13.2 Å². The van der Waals surface area contributed by atoms with E-state index in [9.17, 15) is 4.79 Å². The fourth-order valence-electron chi connectivity index (χ4n) is 1.53. The van der Waals surface area contributed by atoms with Gasteiger partial charge in [-0.15, -0.1) is 0 Å². The number of hydrogen-bond donors (Lipinski definition) is 0. The molecule has 0 saturated carbocycles. The fourth-order valence-corrected chi connectivity index (χ4v) is 1.53. The van der Waals surface area contributed by atoms with Gasteiger partial charge in [-0.3, -0.25) is 4.79 Å². The van der Waals surface area contributed by atoms with Gasteiger partial charge in [0.05, 0.1) is 39.6 Å². The molecule has 6 heteroatoms. The van der Waals surface area contributed by atoms with Crippen LogP contribution in [-0.4, -0.2) is 75.7 Å². The van der Waals surface area contributed by atoms with Gasteiger partial charge in [0.25, 0.3) is 0 Å². The zero-order valence-electron chi connectivity index (χ0n) is 10.8. The molecule has 2 aliphatic heterocycles. The van der Waals surface area contributed by atoms with Crippen molar-refractivity contribution in [2.45, 2.75) is 19.1 Å². The van der Waals surface area contributed by atoms with E-state index in [-0.39, 0.29) is 18.1 Å². The van der Waals surface area contributed by atoms with Crippen molar-refractivity contribution in [3.8, 4) is 0 Å². The second-order valence-corrected chi connectivity index (χ2v) is 4.57. The van der Waals surface area contributed by atoms with E-state index in [0.29, 0.717) is 39.5 Å². The maximum atomic E-state index is 11.4. The molecule has 2 fully saturated rings. The maximum Gasteiger partial charge on any atom is 0.219 e. The summed E-state index contributed by atoms with van der Waals surface area (Å²) in [6.45, 7) is 6.71. The molecule has 0 bridgehead atoms. The van der Waals surface area contributed by atoms with Crippen LogP contribution in [0.2, 0.25) is 0 Å². The molecule has 18 heavy (non-hydrogen) atoms. The largest absolute Gasteiger partial charge is 0.377 e. The van der Waals surface area contributed by atoms with E-state index in [1.807, 2.05) is 0 Å². The fraction of sp³-hybridized carbons (Fsp3) is 0.917. The minimum Gasteiger partial charge on any atom is -0.377 e. The molecular weight excluding hydrogens is 238 g/mol. The highest BCUT2D eigenvalue weighted by Crippen LogP contribution is 2.09. The molecule has 0 aromatic rings. The monoisotopic (exact) mass is 259 g/mol. The molecule has 2 unspecified atom stereocenters. The first-order valence-corrected chi connectivity index (χ1v) is 6.40. The molecule has 0 aromatic carbocycles. The standard InChI is InChI=1S/C12H21NO5/c1-10(14)13(2-4-15-6-11-8-17-11)3-5-16-7-12-9-18-12/h11-12H,2-9H2,1H3. The van der Waals surface area contributed by atoms with Gasteiger partial charge in [0.1, 0.15) is 12.2 Å². The van der Waals surface area contributed by atoms with Crippen molar-refractivity contribution >= 4 is 5.91 Å². The minimum absolute atomic E-state index is 0.0487. The Morgan fingerprint density at radius 3 is 1.89 bits per heavy atom. The van der Waals surface area contributed by atoms with Gasteiger partial charge in [0.2, 0.25) is 5.91 Å². The number of ether oxygens (including phenoxy) is 4. The number of nitrogens with zero attached hydrogens (tertiary/aromatic N) is 1. The summed E-state index contributed by atoms with van der Waals surface area (Å²) in [5, 5.41) is 0. The van der Waals surface area contributed by atoms with E-state index in [2.05, 4.69) is 0 Å². The van der Waals surface area contributed by atoms with Crippen LogP contribution in [0, 0.1) is 0 Å². The van der Waals surface area contributed by atoms with Crippen LogP contribution in [0.15, 0.2) is 0 Å². The van der Waals surface area contributed by atoms with Crippen LogP contribution in [-0.2, 0) is 23.7 Å². The molecule has 0 aromatic heterocycles. The smallest absolute Gasteiger partial charge is 0.219 e. The summed E-state index contributed by atoms with van der Waals surface area (Å²) in [5.41, 5.74) is 0. The number of amides is 1. The summed E-state index contributed by atoms with van der Waals surface area (Å²) in [6.07, 6.45) is 0.551. The minimum atomic E-state index is 0.0487. The van der Waals surface area contributed by atoms with Gasteiger partial charge in [-0.1, -0.05) is 0 Å². The van der Waals surface area contributed by atoms with E-state index in [1.165, 1.54) is 0 Å². The van der Waals surface area contributed by atoms with Crippen molar-refractivity contribution in [1.82, 2.24) is 4.90 Å². The Hall–Kier alpha value is -0.690. The van der Waals surface area contributed by atoms with Crippen molar-refractivity contribution in [3.05, 3.63) is 0 Å². The Bertz CT molecular complexity index is 245. The normalized spacial score (nSPS) is 24.9. The molecule has 0 radical (unpaired) electrons. The van der Waals surface area contributed by atoms with Crippen molar-refractivity contribution in [3.63, 3.8) is 0 Å². The number of carbonyl (C=O) groups is 1. The van der Waals surface area contributed by atoms with Crippen LogP contribution < -0.4 is 0 Å². The Balaban J connectivity index is 1.49. The van der Waals surface area contributed by atoms with Gasteiger partial charge < -0.3 is 23.8 Å². The Labute approximate surface area is 107 Å². The van der Waals surface area contributed by atoms with Crippen molar-refractivity contribution in [1.29, 1.82) is 0 Å². The van der Waals surface area contributed by atoms with Crippen LogP contribution >= 0.6 is 0 Å². The molecule has 0 N–H and O–H groups in total. The molecule has 1 amide bonds. The van der Waals surface area contributed by atoms with Gasteiger partial charge in [-0.2, -0.15) is 0 Å². The van der Waals surface area contributed by atoms with Crippen LogP contribution in [0.1, 0.15) is 6.92 Å². The number of rotatable bonds is 10. The summed E-state index contributed by atoms with van der Waals surface area (Å²) in [5.74, 6) is 0.0487. The first-order chi connectivity index (χ1) is 8.75. The predicted octanol–water partition coefficient (Wildman–Crippen LogP) is -0.334. The topological polar surface area (TPSA) is 63.8 Å². The highest BCUT2D eigenvalue weighted by Gasteiger charge is 2.23. The third kappa shape index (κ3) is 5.77. The second-order valence-electron chi connectivity index (χ2n) is 4.57. The van der Waals surface area contributed by atoms with E-state index in [4.69, 9.17) is 18.9 Å². The molecule has 2 aliphatic rings. The summed E-state index contributed by atoms with van der Waals surface area (Å²) in [4.78, 5) is 13.1. The molecular formula is C12H21NO5. The molecule has 2 saturated heterocycles. The zero-order chi connectivity index (χ0) is 12.8. The third-order valence-electron chi connectivity index (χ3n) is 2.87. The van der Waals surface area contributed by atoms with Gasteiger partial charge >= 0.3 is 0 Å². The third-order valence-corrected chi connectivity index (χ3v) is 2.87. The quantitative estimate of drug-likeness (QED) is 0.397. The lowest BCUT2D eigenvalue weighted by atomic mass is 10.4. The molecule has 2 rings (SSSR count). The highest BCUT2D eigenvalue weighted by atomic mass is 16.6. The van der Waals surface area contributed by atoms with E-state index >= 15 is 0 Å². The lowest BCUT2D eigenvalue weighted by molar-refractivity contribution is -0.130. The van der Waals surface area contributed by atoms with Crippen molar-refractivity contribution in [2.24, 2.45) is 0 Å². The predicted molar refractivity (Wildman–Crippen MR) is 63.4 cm³/mol. The van der Waals surface area contributed by atoms with Crippen LogP contribution in [0.5, 0.6) is 0 Å². The van der Waals surface area contributed by atoms with Crippen LogP contribution in [0.3, 0.4) is 0 Å². The van der Waals surface area contributed by atoms with Crippen LogP contribution in [0.25, 0.3) is 0 Å². The van der Waals surface area contributed by atoms with E-state index in [1.54, 1.807) is 11.8 Å². The molecule has 0 spiro atoms. The van der Waals surface area contributed by atoms with Gasteiger partial charge in [-0.25, -0.2) is 0 Å². The van der Waals surface area contributed by atoms with Gasteiger partial charge in [0, 0.05) is 20.0 Å². The second kappa shape index (κ2) is 7.04. The SMILES string of the molecule is CC(=O)N(CCOCC1CO1)CCOCC1CO1. The lowest BCUT2D eigenvalue weighted by Gasteiger charge is -2.20. The Morgan fingerprint density at radius 2 is 1.56 bits per heavy atom. The summed E-state index contributed by atoms with van der Waals surface area (Å²) < 4.78 is 20.9. The summed E-state index contributed by atoms with van der Waals surface area (Å²) in [6, 6.07) is 0. The average Bonchev–Trinajstić information content (AvgIpc) is 3.21. The number of hydrogen-bond acceptors (Lipinski definition) is 5. The van der Waals surface area contributed by atoms with Crippen LogP contribution in [0.4, 0.5) is 0 Å². The lowest BCUT2D eigenvalue weighted by Crippen LogP contribution is -2.35. The molecule has 104 valence electrons. The number of carbonyl (C=O) groups excluding carboxylic acids is 1. The van der Waals surface area contributed by atoms with Crippen molar-refractivity contribution in [2.75, 3.05) is 52.7 Å². The number of epoxide rings is 2. The maximum absolute atomic E-state index is 11.4. The molecule has 2 heterocycles. The first kappa shape index (κ1) is 13.7. The van der Waals surface area contributed by atoms with E-state index < -0.39 is 0 Å². The van der Waals surface area contributed by atoms with Gasteiger partial charge in [0.15, 0.2) is 0 Å². The average molecular weight is 259 g/mol. The van der Waals surface area contributed by atoms with Gasteiger partial charge in [-0.05, 0) is 0 Å². The Kier molecular flexibility index (Phi) is 5.37. The van der Waals surface area contributed by atoms with Crippen molar-refractivity contribution < 1.29 is 23.7 Å². The molecule has 6 nitrogen and oxygen atoms in total. The molecule has 0 aliphatic carbocycles.